The molecule has 0 spiro atoms. The van der Waals surface area contributed by atoms with Gasteiger partial charge in [-0.05, 0) is 18.9 Å². The van der Waals surface area contributed by atoms with Crippen LogP contribution in [-0.4, -0.2) is 6.61 Å². The summed E-state index contributed by atoms with van der Waals surface area (Å²) in [5, 5.41) is 0. The van der Waals surface area contributed by atoms with Crippen molar-refractivity contribution in [2.45, 2.75) is 58.5 Å². The Bertz CT molecular complexity index is 401. The molecular weight excluding hydrogens is 244 g/mol. The highest BCUT2D eigenvalue weighted by atomic mass is 16.5. The van der Waals surface area contributed by atoms with Crippen LogP contribution in [0.5, 0.6) is 0 Å². The number of hydrogen-bond acceptors (Lipinski definition) is 1. The second kappa shape index (κ2) is 10.5. The SMILES string of the molecule is C=C=C(C)C(OCCCCCCCC)c1ccccc1. The van der Waals surface area contributed by atoms with Gasteiger partial charge in [0.15, 0.2) is 0 Å². The lowest BCUT2D eigenvalue weighted by molar-refractivity contribution is 0.0743. The van der Waals surface area contributed by atoms with Gasteiger partial charge >= 0.3 is 0 Å². The summed E-state index contributed by atoms with van der Waals surface area (Å²) in [6.45, 7) is 8.83. The van der Waals surface area contributed by atoms with Crippen LogP contribution in [0.4, 0.5) is 0 Å². The van der Waals surface area contributed by atoms with Gasteiger partial charge in [0, 0.05) is 12.2 Å². The van der Waals surface area contributed by atoms with E-state index >= 15 is 0 Å². The lowest BCUT2D eigenvalue weighted by atomic mass is 10.0. The van der Waals surface area contributed by atoms with E-state index in [1.165, 1.54) is 37.7 Å². The van der Waals surface area contributed by atoms with Crippen molar-refractivity contribution in [1.82, 2.24) is 0 Å². The molecule has 0 fully saturated rings. The van der Waals surface area contributed by atoms with Crippen molar-refractivity contribution in [2.75, 3.05) is 6.61 Å². The summed E-state index contributed by atoms with van der Waals surface area (Å²) in [7, 11) is 0. The molecule has 1 nitrogen and oxygen atoms in total. The van der Waals surface area contributed by atoms with Crippen LogP contribution in [0.3, 0.4) is 0 Å². The zero-order chi connectivity index (χ0) is 14.6. The summed E-state index contributed by atoms with van der Waals surface area (Å²) in [6.07, 6.45) is 7.73. The maximum Gasteiger partial charge on any atom is 0.111 e. The van der Waals surface area contributed by atoms with Gasteiger partial charge in [-0.1, -0.05) is 75.9 Å². The summed E-state index contributed by atoms with van der Waals surface area (Å²) in [5.74, 6) is 0. The first-order valence-electron chi connectivity index (χ1n) is 7.82. The molecule has 1 aromatic carbocycles. The summed E-state index contributed by atoms with van der Waals surface area (Å²) in [5.41, 5.74) is 5.22. The quantitative estimate of drug-likeness (QED) is 0.384. The molecule has 0 aliphatic carbocycles. The minimum atomic E-state index is 0.00402. The van der Waals surface area contributed by atoms with Crippen molar-refractivity contribution in [2.24, 2.45) is 0 Å². The molecule has 1 atom stereocenters. The van der Waals surface area contributed by atoms with E-state index in [1.54, 1.807) is 0 Å². The van der Waals surface area contributed by atoms with Gasteiger partial charge in [0.05, 0.1) is 0 Å². The van der Waals surface area contributed by atoms with Crippen LogP contribution in [0.25, 0.3) is 0 Å². The van der Waals surface area contributed by atoms with Crippen molar-refractivity contribution in [3.63, 3.8) is 0 Å². The second-order valence-electron chi connectivity index (χ2n) is 5.29. The Morgan fingerprint density at radius 3 is 2.40 bits per heavy atom. The first-order valence-corrected chi connectivity index (χ1v) is 7.82. The van der Waals surface area contributed by atoms with Crippen LogP contribution >= 0.6 is 0 Å². The van der Waals surface area contributed by atoms with Gasteiger partial charge in [-0.3, -0.25) is 0 Å². The average Bonchev–Trinajstić information content (AvgIpc) is 2.50. The zero-order valence-corrected chi connectivity index (χ0v) is 13.0. The van der Waals surface area contributed by atoms with Gasteiger partial charge in [0.1, 0.15) is 6.10 Å². The molecule has 1 heteroatoms. The number of rotatable bonds is 10. The van der Waals surface area contributed by atoms with E-state index in [0.29, 0.717) is 0 Å². The minimum Gasteiger partial charge on any atom is -0.368 e. The van der Waals surface area contributed by atoms with Crippen molar-refractivity contribution in [3.05, 3.63) is 53.8 Å². The fourth-order valence-electron chi connectivity index (χ4n) is 2.28. The predicted octanol–water partition coefficient (Wildman–Crippen LogP) is 5.84. The van der Waals surface area contributed by atoms with Crippen LogP contribution in [0, 0.1) is 0 Å². The maximum absolute atomic E-state index is 6.05. The number of hydrogen-bond donors (Lipinski definition) is 0. The Hall–Kier alpha value is -1.30. The molecule has 0 N–H and O–H groups in total. The van der Waals surface area contributed by atoms with Gasteiger partial charge in [0.2, 0.25) is 0 Å². The molecule has 1 aromatic rings. The van der Waals surface area contributed by atoms with E-state index in [-0.39, 0.29) is 6.10 Å². The van der Waals surface area contributed by atoms with E-state index in [9.17, 15) is 0 Å². The fourth-order valence-corrected chi connectivity index (χ4v) is 2.28. The molecule has 0 saturated heterocycles. The normalized spacial score (nSPS) is 11.9. The van der Waals surface area contributed by atoms with Gasteiger partial charge < -0.3 is 4.74 Å². The molecule has 0 amide bonds. The second-order valence-corrected chi connectivity index (χ2v) is 5.29. The third kappa shape index (κ3) is 6.23. The van der Waals surface area contributed by atoms with Crippen molar-refractivity contribution >= 4 is 0 Å². The lowest BCUT2D eigenvalue weighted by Crippen LogP contribution is -2.06. The molecular formula is C19H28O. The first-order chi connectivity index (χ1) is 9.79. The molecule has 0 saturated carbocycles. The van der Waals surface area contributed by atoms with Crippen LogP contribution in [0.1, 0.15) is 64.0 Å². The molecule has 0 bridgehead atoms. The molecule has 0 heterocycles. The van der Waals surface area contributed by atoms with Gasteiger partial charge in [0.25, 0.3) is 0 Å². The highest BCUT2D eigenvalue weighted by Crippen LogP contribution is 2.25. The fraction of sp³-hybridized carbons (Fsp3) is 0.526. The molecule has 110 valence electrons. The Balaban J connectivity index is 2.38. The third-order valence-corrected chi connectivity index (χ3v) is 3.56. The lowest BCUT2D eigenvalue weighted by Gasteiger charge is -2.18. The monoisotopic (exact) mass is 272 g/mol. The van der Waals surface area contributed by atoms with Gasteiger partial charge in [-0.15, -0.1) is 5.73 Å². The smallest absolute Gasteiger partial charge is 0.111 e. The van der Waals surface area contributed by atoms with Crippen LogP contribution in [-0.2, 0) is 4.74 Å². The standard InChI is InChI=1S/C19H28O/c1-4-6-7-8-9-13-16-20-19(17(3)5-2)18-14-11-10-12-15-18/h10-12,14-15,19H,2,4,6-9,13,16H2,1,3H3. The highest BCUT2D eigenvalue weighted by molar-refractivity contribution is 5.24. The Labute approximate surface area is 124 Å². The van der Waals surface area contributed by atoms with E-state index in [4.69, 9.17) is 4.74 Å². The van der Waals surface area contributed by atoms with E-state index in [2.05, 4.69) is 31.4 Å². The third-order valence-electron chi connectivity index (χ3n) is 3.56. The van der Waals surface area contributed by atoms with Gasteiger partial charge in [-0.2, -0.15) is 0 Å². The summed E-state index contributed by atoms with van der Waals surface area (Å²) in [6, 6.07) is 10.3. The van der Waals surface area contributed by atoms with Crippen molar-refractivity contribution in [3.8, 4) is 0 Å². The van der Waals surface area contributed by atoms with E-state index < -0.39 is 0 Å². The zero-order valence-electron chi connectivity index (χ0n) is 13.0. The molecule has 0 aliphatic rings. The van der Waals surface area contributed by atoms with E-state index in [0.717, 1.165) is 18.6 Å². The molecule has 1 rings (SSSR count). The molecule has 20 heavy (non-hydrogen) atoms. The topological polar surface area (TPSA) is 9.23 Å². The van der Waals surface area contributed by atoms with Crippen LogP contribution in [0.2, 0.25) is 0 Å². The predicted molar refractivity (Wildman–Crippen MR) is 86.8 cm³/mol. The molecule has 0 aromatic heterocycles. The number of unbranched alkanes of at least 4 members (excludes halogenated alkanes) is 5. The summed E-state index contributed by atoms with van der Waals surface area (Å²) in [4.78, 5) is 0. The Kier molecular flexibility index (Phi) is 8.78. The average molecular weight is 272 g/mol. The Morgan fingerprint density at radius 2 is 1.75 bits per heavy atom. The van der Waals surface area contributed by atoms with E-state index in [1.807, 2.05) is 25.1 Å². The van der Waals surface area contributed by atoms with Gasteiger partial charge in [-0.25, -0.2) is 0 Å². The maximum atomic E-state index is 6.05. The first kappa shape index (κ1) is 16.8. The minimum absolute atomic E-state index is 0.00402. The summed E-state index contributed by atoms with van der Waals surface area (Å²) >= 11 is 0. The molecule has 0 radical (unpaired) electrons. The highest BCUT2D eigenvalue weighted by Gasteiger charge is 2.13. The number of benzene rings is 1. The summed E-state index contributed by atoms with van der Waals surface area (Å²) < 4.78 is 6.05. The molecule has 0 aliphatic heterocycles. The Morgan fingerprint density at radius 1 is 1.10 bits per heavy atom. The van der Waals surface area contributed by atoms with Crippen LogP contribution in [0.15, 0.2) is 48.2 Å². The van der Waals surface area contributed by atoms with Crippen molar-refractivity contribution in [1.29, 1.82) is 0 Å². The van der Waals surface area contributed by atoms with Crippen LogP contribution < -0.4 is 0 Å². The van der Waals surface area contributed by atoms with Crippen molar-refractivity contribution < 1.29 is 4.74 Å². The largest absolute Gasteiger partial charge is 0.368 e. The number of ether oxygens (including phenoxy) is 1. The molecule has 1 unspecified atom stereocenters.